The summed E-state index contributed by atoms with van der Waals surface area (Å²) < 4.78 is 12.0. The van der Waals surface area contributed by atoms with Crippen molar-refractivity contribution in [3.05, 3.63) is 59.7 Å². The van der Waals surface area contributed by atoms with E-state index in [9.17, 15) is 9.59 Å². The molecule has 3 aliphatic heterocycles. The molecule has 2 atom stereocenters. The minimum atomic E-state index is -0.105. The quantitative estimate of drug-likeness (QED) is 0.579. The van der Waals surface area contributed by atoms with Crippen LogP contribution in [-0.4, -0.2) is 43.6 Å². The van der Waals surface area contributed by atoms with Gasteiger partial charge in [-0.2, -0.15) is 0 Å². The van der Waals surface area contributed by atoms with E-state index < -0.39 is 0 Å². The van der Waals surface area contributed by atoms with Crippen molar-refractivity contribution in [2.45, 2.75) is 38.0 Å². The lowest BCUT2D eigenvalue weighted by Crippen LogP contribution is -2.44. The molecule has 166 valence electrons. The van der Waals surface area contributed by atoms with Crippen molar-refractivity contribution in [1.82, 2.24) is 16.0 Å². The molecule has 7 nitrogen and oxygen atoms in total. The molecule has 3 N–H and O–H groups in total. The van der Waals surface area contributed by atoms with Gasteiger partial charge >= 0.3 is 0 Å². The standard InChI is InChI=1S/C23H27N3O4.ClH/c27-22-9-6-16-4-7-18(8-5-16)30-19-3-1-2-17(12-19)15-29-21-14-24-13-20(21)26-23(28)10-11-25-22;/h1-5,7-8,12,20-21,24H,6,9-11,13-15H2,(H,25,27)(H,26,28);1H/t20-,21-;/m0./s1. The third kappa shape index (κ3) is 6.69. The van der Waals surface area contributed by atoms with Crippen LogP contribution in [0.25, 0.3) is 0 Å². The van der Waals surface area contributed by atoms with Crippen LogP contribution in [0.4, 0.5) is 0 Å². The molecule has 4 bridgehead atoms. The van der Waals surface area contributed by atoms with Crippen molar-refractivity contribution in [3.8, 4) is 11.5 Å². The first-order valence-electron chi connectivity index (χ1n) is 10.4. The Hall–Kier alpha value is -2.61. The molecule has 3 aliphatic rings. The summed E-state index contributed by atoms with van der Waals surface area (Å²) in [5.41, 5.74) is 2.07. The second kappa shape index (κ2) is 11.1. The smallest absolute Gasteiger partial charge is 0.222 e. The molecule has 8 heteroatoms. The minimum absolute atomic E-state index is 0. The number of benzene rings is 2. The van der Waals surface area contributed by atoms with E-state index >= 15 is 0 Å². The van der Waals surface area contributed by atoms with Crippen molar-refractivity contribution in [1.29, 1.82) is 0 Å². The van der Waals surface area contributed by atoms with Gasteiger partial charge in [0, 0.05) is 32.5 Å². The number of amides is 2. The fourth-order valence-electron chi connectivity index (χ4n) is 3.68. The summed E-state index contributed by atoms with van der Waals surface area (Å²) in [6.45, 7) is 2.12. The SMILES string of the molecule is Cl.O=C1CCc2ccc(cc2)Oc2cccc(c2)CO[C@H]2CNC[C@@H]2NC(=O)CCN1. The van der Waals surface area contributed by atoms with Crippen LogP contribution in [-0.2, 0) is 27.4 Å². The molecule has 0 radical (unpaired) electrons. The van der Waals surface area contributed by atoms with E-state index in [1.165, 1.54) is 0 Å². The molecule has 2 amide bonds. The third-order valence-electron chi connectivity index (χ3n) is 5.34. The van der Waals surface area contributed by atoms with E-state index in [1.807, 2.05) is 48.5 Å². The first-order chi connectivity index (χ1) is 14.7. The van der Waals surface area contributed by atoms with Gasteiger partial charge in [0.2, 0.25) is 11.8 Å². The maximum absolute atomic E-state index is 12.3. The first-order valence-corrected chi connectivity index (χ1v) is 10.4. The number of carbonyl (C=O) groups is 2. The van der Waals surface area contributed by atoms with Crippen LogP contribution < -0.4 is 20.7 Å². The summed E-state index contributed by atoms with van der Waals surface area (Å²) in [4.78, 5) is 24.3. The van der Waals surface area contributed by atoms with Crippen molar-refractivity contribution >= 4 is 24.2 Å². The Morgan fingerprint density at radius 1 is 0.839 bits per heavy atom. The van der Waals surface area contributed by atoms with Crippen LogP contribution in [0.5, 0.6) is 11.5 Å². The maximum atomic E-state index is 12.3. The summed E-state index contributed by atoms with van der Waals surface area (Å²) in [6.07, 6.45) is 1.17. The van der Waals surface area contributed by atoms with Gasteiger partial charge < -0.3 is 25.4 Å². The second-order valence-corrected chi connectivity index (χ2v) is 7.68. The number of fused-ring (bicyclic) bond motifs is 10. The van der Waals surface area contributed by atoms with Crippen LogP contribution in [0, 0.1) is 0 Å². The average Bonchev–Trinajstić information content (AvgIpc) is 3.18. The Morgan fingerprint density at radius 3 is 2.52 bits per heavy atom. The molecule has 2 aromatic carbocycles. The second-order valence-electron chi connectivity index (χ2n) is 7.68. The highest BCUT2D eigenvalue weighted by molar-refractivity contribution is 5.85. The molecular formula is C23H28ClN3O4. The number of hydrogen-bond donors (Lipinski definition) is 3. The van der Waals surface area contributed by atoms with Gasteiger partial charge in [-0.15, -0.1) is 12.4 Å². The van der Waals surface area contributed by atoms with Crippen LogP contribution in [0.2, 0.25) is 0 Å². The zero-order valence-corrected chi connectivity index (χ0v) is 18.1. The Kier molecular flexibility index (Phi) is 8.28. The van der Waals surface area contributed by atoms with Gasteiger partial charge in [0.05, 0.1) is 18.8 Å². The van der Waals surface area contributed by atoms with Crippen molar-refractivity contribution < 1.29 is 19.1 Å². The zero-order valence-electron chi connectivity index (χ0n) is 17.3. The predicted octanol–water partition coefficient (Wildman–Crippen LogP) is 2.33. The highest BCUT2D eigenvalue weighted by Gasteiger charge is 2.29. The molecular weight excluding hydrogens is 418 g/mol. The van der Waals surface area contributed by atoms with E-state index in [4.69, 9.17) is 9.47 Å². The number of hydrogen-bond acceptors (Lipinski definition) is 5. The molecule has 3 heterocycles. The summed E-state index contributed by atoms with van der Waals surface area (Å²) in [5.74, 6) is 1.35. The third-order valence-corrected chi connectivity index (χ3v) is 5.34. The Labute approximate surface area is 188 Å². The van der Waals surface area contributed by atoms with Crippen molar-refractivity contribution in [2.75, 3.05) is 19.6 Å². The van der Waals surface area contributed by atoms with Crippen LogP contribution >= 0.6 is 12.4 Å². The molecule has 1 saturated heterocycles. The zero-order chi connectivity index (χ0) is 20.8. The minimum Gasteiger partial charge on any atom is -0.457 e. The Balaban J connectivity index is 0.00000272. The molecule has 0 aromatic heterocycles. The molecule has 0 unspecified atom stereocenters. The van der Waals surface area contributed by atoms with Gasteiger partial charge in [0.25, 0.3) is 0 Å². The number of carbonyl (C=O) groups excluding carboxylic acids is 2. The van der Waals surface area contributed by atoms with Crippen molar-refractivity contribution in [3.63, 3.8) is 0 Å². The van der Waals surface area contributed by atoms with Gasteiger partial charge in [-0.1, -0.05) is 24.3 Å². The van der Waals surface area contributed by atoms with Gasteiger partial charge in [-0.25, -0.2) is 0 Å². The summed E-state index contributed by atoms with van der Waals surface area (Å²) >= 11 is 0. The maximum Gasteiger partial charge on any atom is 0.222 e. The van der Waals surface area contributed by atoms with E-state index in [1.54, 1.807) is 0 Å². The largest absolute Gasteiger partial charge is 0.457 e. The summed E-state index contributed by atoms with van der Waals surface area (Å²) in [7, 11) is 0. The van der Waals surface area contributed by atoms with Crippen molar-refractivity contribution in [2.24, 2.45) is 0 Å². The van der Waals surface area contributed by atoms with Crippen LogP contribution in [0.1, 0.15) is 24.0 Å². The fourth-order valence-corrected chi connectivity index (χ4v) is 3.68. The highest BCUT2D eigenvalue weighted by Crippen LogP contribution is 2.23. The Morgan fingerprint density at radius 2 is 1.68 bits per heavy atom. The number of nitrogens with one attached hydrogen (secondary N) is 3. The molecule has 31 heavy (non-hydrogen) atoms. The van der Waals surface area contributed by atoms with Gasteiger partial charge in [-0.3, -0.25) is 9.59 Å². The lowest BCUT2D eigenvalue weighted by molar-refractivity contribution is -0.123. The Bertz CT molecular complexity index is 891. The van der Waals surface area contributed by atoms with Crippen LogP contribution in [0.3, 0.4) is 0 Å². The lowest BCUT2D eigenvalue weighted by Gasteiger charge is -2.21. The predicted molar refractivity (Wildman–Crippen MR) is 120 cm³/mol. The average molecular weight is 446 g/mol. The normalized spacial score (nSPS) is 22.3. The van der Waals surface area contributed by atoms with Gasteiger partial charge in [-0.05, 0) is 41.8 Å². The van der Waals surface area contributed by atoms with Crippen LogP contribution in [0.15, 0.2) is 48.5 Å². The first kappa shape index (κ1) is 23.1. The highest BCUT2D eigenvalue weighted by atomic mass is 35.5. The lowest BCUT2D eigenvalue weighted by atomic mass is 10.1. The van der Waals surface area contributed by atoms with Gasteiger partial charge in [0.1, 0.15) is 11.5 Å². The molecule has 0 saturated carbocycles. The number of ether oxygens (including phenoxy) is 2. The van der Waals surface area contributed by atoms with E-state index in [0.717, 1.165) is 22.6 Å². The van der Waals surface area contributed by atoms with Gasteiger partial charge in [0.15, 0.2) is 0 Å². The molecule has 2 aromatic rings. The number of rotatable bonds is 0. The van der Waals surface area contributed by atoms with E-state index in [2.05, 4.69) is 16.0 Å². The summed E-state index contributed by atoms with van der Waals surface area (Å²) in [5, 5.41) is 9.10. The monoisotopic (exact) mass is 445 g/mol. The molecule has 0 spiro atoms. The molecule has 5 rings (SSSR count). The number of halogens is 1. The molecule has 1 fully saturated rings. The topological polar surface area (TPSA) is 88.7 Å². The van der Waals surface area contributed by atoms with E-state index in [-0.39, 0.29) is 42.8 Å². The number of aryl methyl sites for hydroxylation is 1. The summed E-state index contributed by atoms with van der Waals surface area (Å²) in [6, 6.07) is 15.5. The fraction of sp³-hybridized carbons (Fsp3) is 0.391. The van der Waals surface area contributed by atoms with E-state index in [0.29, 0.717) is 39.1 Å². The molecule has 0 aliphatic carbocycles.